The SMILES string of the molecule is Nc1ncc2c(Cl)ccc(F)c2n1. The molecule has 2 aromatic rings. The van der Waals surface area contributed by atoms with Crippen LogP contribution in [-0.2, 0) is 0 Å². The molecule has 0 aliphatic carbocycles. The van der Waals surface area contributed by atoms with Gasteiger partial charge in [0, 0.05) is 11.6 Å². The maximum Gasteiger partial charge on any atom is 0.220 e. The van der Waals surface area contributed by atoms with Gasteiger partial charge in [-0.15, -0.1) is 0 Å². The van der Waals surface area contributed by atoms with Crippen LogP contribution in [0, 0.1) is 5.82 Å². The van der Waals surface area contributed by atoms with Crippen molar-refractivity contribution in [2.24, 2.45) is 0 Å². The maximum atomic E-state index is 13.1. The van der Waals surface area contributed by atoms with Crippen molar-refractivity contribution >= 4 is 28.5 Å². The standard InChI is InChI=1S/C8H5ClFN3/c9-5-1-2-6(10)7-4(5)3-12-8(11)13-7/h1-3H,(H2,11,12,13). The van der Waals surface area contributed by atoms with Crippen molar-refractivity contribution in [3.05, 3.63) is 29.2 Å². The summed E-state index contributed by atoms with van der Waals surface area (Å²) in [4.78, 5) is 7.47. The summed E-state index contributed by atoms with van der Waals surface area (Å²) in [5.74, 6) is -0.415. The lowest BCUT2D eigenvalue weighted by atomic mass is 10.2. The van der Waals surface area contributed by atoms with E-state index in [1.54, 1.807) is 0 Å². The van der Waals surface area contributed by atoms with Gasteiger partial charge >= 0.3 is 0 Å². The molecule has 0 saturated heterocycles. The lowest BCUT2D eigenvalue weighted by Gasteiger charge is -2.00. The Bertz CT molecular complexity index is 472. The lowest BCUT2D eigenvalue weighted by molar-refractivity contribution is 0.636. The van der Waals surface area contributed by atoms with Crippen LogP contribution in [0.5, 0.6) is 0 Å². The second kappa shape index (κ2) is 2.81. The predicted octanol–water partition coefficient (Wildman–Crippen LogP) is 2.00. The molecule has 66 valence electrons. The molecule has 0 bridgehead atoms. The zero-order valence-corrected chi connectivity index (χ0v) is 7.22. The monoisotopic (exact) mass is 197 g/mol. The number of rotatable bonds is 0. The first-order valence-electron chi connectivity index (χ1n) is 3.55. The zero-order chi connectivity index (χ0) is 9.42. The van der Waals surface area contributed by atoms with Gasteiger partial charge in [-0.25, -0.2) is 14.4 Å². The zero-order valence-electron chi connectivity index (χ0n) is 6.46. The van der Waals surface area contributed by atoms with Gasteiger partial charge in [-0.2, -0.15) is 0 Å². The molecule has 0 amide bonds. The second-order valence-corrected chi connectivity index (χ2v) is 2.93. The number of anilines is 1. The topological polar surface area (TPSA) is 51.8 Å². The first kappa shape index (κ1) is 8.19. The van der Waals surface area contributed by atoms with Crippen LogP contribution in [-0.4, -0.2) is 9.97 Å². The van der Waals surface area contributed by atoms with E-state index in [0.29, 0.717) is 10.4 Å². The van der Waals surface area contributed by atoms with Crippen LogP contribution in [0.4, 0.5) is 10.3 Å². The molecule has 0 aliphatic heterocycles. The van der Waals surface area contributed by atoms with Crippen LogP contribution < -0.4 is 5.73 Å². The number of halogens is 2. The third kappa shape index (κ3) is 1.29. The molecular formula is C8H5ClFN3. The molecule has 5 heteroatoms. The van der Waals surface area contributed by atoms with Crippen LogP contribution >= 0.6 is 11.6 Å². The fraction of sp³-hybridized carbons (Fsp3) is 0. The molecule has 0 fully saturated rings. The molecular weight excluding hydrogens is 193 g/mol. The number of benzene rings is 1. The quantitative estimate of drug-likeness (QED) is 0.703. The number of fused-ring (bicyclic) bond motifs is 1. The molecule has 3 nitrogen and oxygen atoms in total. The van der Waals surface area contributed by atoms with Crippen molar-refractivity contribution in [3.8, 4) is 0 Å². The molecule has 0 unspecified atom stereocenters. The molecule has 13 heavy (non-hydrogen) atoms. The van der Waals surface area contributed by atoms with E-state index >= 15 is 0 Å². The van der Waals surface area contributed by atoms with Gasteiger partial charge in [0.1, 0.15) is 11.3 Å². The largest absolute Gasteiger partial charge is 0.368 e. The molecule has 2 rings (SSSR count). The Morgan fingerprint density at radius 1 is 1.38 bits per heavy atom. The minimum Gasteiger partial charge on any atom is -0.368 e. The highest BCUT2D eigenvalue weighted by Gasteiger charge is 2.06. The molecule has 0 aliphatic rings. The van der Waals surface area contributed by atoms with E-state index in [-0.39, 0.29) is 11.5 Å². The Morgan fingerprint density at radius 2 is 2.15 bits per heavy atom. The van der Waals surface area contributed by atoms with Gasteiger partial charge in [0.05, 0.1) is 5.02 Å². The minimum absolute atomic E-state index is 0.0358. The molecule has 0 spiro atoms. The molecule has 1 aromatic carbocycles. The fourth-order valence-corrected chi connectivity index (χ4v) is 1.27. The van der Waals surface area contributed by atoms with Crippen LogP contribution in [0.2, 0.25) is 5.02 Å². The average Bonchev–Trinajstić information content (AvgIpc) is 2.12. The number of nitrogens with zero attached hydrogens (tertiary/aromatic N) is 2. The summed E-state index contributed by atoms with van der Waals surface area (Å²) in [6, 6.07) is 2.70. The van der Waals surface area contributed by atoms with E-state index in [4.69, 9.17) is 17.3 Å². The predicted molar refractivity (Wildman–Crippen MR) is 48.9 cm³/mol. The minimum atomic E-state index is -0.450. The molecule has 2 N–H and O–H groups in total. The second-order valence-electron chi connectivity index (χ2n) is 2.52. The Morgan fingerprint density at radius 3 is 2.92 bits per heavy atom. The van der Waals surface area contributed by atoms with Gasteiger partial charge in [-0.1, -0.05) is 11.6 Å². The Kier molecular flexibility index (Phi) is 1.77. The van der Waals surface area contributed by atoms with Crippen LogP contribution in [0.3, 0.4) is 0 Å². The summed E-state index contributed by atoms with van der Waals surface area (Å²) in [7, 11) is 0. The first-order chi connectivity index (χ1) is 6.18. The summed E-state index contributed by atoms with van der Waals surface area (Å²) in [5, 5.41) is 0.882. The van der Waals surface area contributed by atoms with Crippen LogP contribution in [0.1, 0.15) is 0 Å². The highest BCUT2D eigenvalue weighted by atomic mass is 35.5. The van der Waals surface area contributed by atoms with Crippen molar-refractivity contribution < 1.29 is 4.39 Å². The third-order valence-corrected chi connectivity index (χ3v) is 2.00. The van der Waals surface area contributed by atoms with Crippen molar-refractivity contribution in [2.45, 2.75) is 0 Å². The lowest BCUT2D eigenvalue weighted by Crippen LogP contribution is -1.95. The van der Waals surface area contributed by atoms with Crippen molar-refractivity contribution in [2.75, 3.05) is 5.73 Å². The van der Waals surface area contributed by atoms with E-state index in [9.17, 15) is 4.39 Å². The van der Waals surface area contributed by atoms with E-state index in [1.807, 2.05) is 0 Å². The van der Waals surface area contributed by atoms with Crippen LogP contribution in [0.15, 0.2) is 18.3 Å². The van der Waals surface area contributed by atoms with E-state index in [0.717, 1.165) is 0 Å². The van der Waals surface area contributed by atoms with Gasteiger partial charge in [0.25, 0.3) is 0 Å². The highest BCUT2D eigenvalue weighted by molar-refractivity contribution is 6.35. The molecule has 0 atom stereocenters. The van der Waals surface area contributed by atoms with E-state index in [2.05, 4.69) is 9.97 Å². The number of hydrogen-bond acceptors (Lipinski definition) is 3. The third-order valence-electron chi connectivity index (χ3n) is 1.67. The normalized spacial score (nSPS) is 10.6. The average molecular weight is 198 g/mol. The molecule has 0 radical (unpaired) electrons. The maximum absolute atomic E-state index is 13.1. The summed E-state index contributed by atoms with van der Waals surface area (Å²) >= 11 is 5.79. The van der Waals surface area contributed by atoms with E-state index in [1.165, 1.54) is 18.3 Å². The van der Waals surface area contributed by atoms with Gasteiger partial charge in [-0.05, 0) is 12.1 Å². The first-order valence-corrected chi connectivity index (χ1v) is 3.92. The molecule has 1 heterocycles. The smallest absolute Gasteiger partial charge is 0.220 e. The summed E-state index contributed by atoms with van der Waals surface area (Å²) in [6.45, 7) is 0. The Labute approximate surface area is 78.4 Å². The van der Waals surface area contributed by atoms with Gasteiger partial charge in [-0.3, -0.25) is 0 Å². The fourth-order valence-electron chi connectivity index (χ4n) is 1.07. The molecule has 0 saturated carbocycles. The van der Waals surface area contributed by atoms with Crippen molar-refractivity contribution in [1.29, 1.82) is 0 Å². The number of hydrogen-bond donors (Lipinski definition) is 1. The summed E-state index contributed by atoms with van der Waals surface area (Å²) in [5.41, 5.74) is 5.46. The van der Waals surface area contributed by atoms with E-state index < -0.39 is 5.82 Å². The molecule has 1 aromatic heterocycles. The number of nitrogen functional groups attached to an aromatic ring is 1. The number of aromatic nitrogens is 2. The van der Waals surface area contributed by atoms with Gasteiger partial charge < -0.3 is 5.73 Å². The van der Waals surface area contributed by atoms with Gasteiger partial charge in [0.15, 0.2) is 0 Å². The van der Waals surface area contributed by atoms with Crippen LogP contribution in [0.25, 0.3) is 10.9 Å². The highest BCUT2D eigenvalue weighted by Crippen LogP contribution is 2.23. The Balaban J connectivity index is 2.92. The van der Waals surface area contributed by atoms with Gasteiger partial charge in [0.2, 0.25) is 5.95 Å². The Hall–Kier alpha value is -1.42. The van der Waals surface area contributed by atoms with Crippen molar-refractivity contribution in [3.63, 3.8) is 0 Å². The number of nitrogens with two attached hydrogens (primary N) is 1. The summed E-state index contributed by atoms with van der Waals surface area (Å²) < 4.78 is 13.1. The van der Waals surface area contributed by atoms with Crippen molar-refractivity contribution in [1.82, 2.24) is 9.97 Å². The summed E-state index contributed by atoms with van der Waals surface area (Å²) in [6.07, 6.45) is 1.41.